The molecule has 2 aromatic carbocycles. The van der Waals surface area contributed by atoms with Gasteiger partial charge in [0.1, 0.15) is 17.3 Å². The van der Waals surface area contributed by atoms with Gasteiger partial charge in [0.05, 0.1) is 23.5 Å². The number of ether oxygens (including phenoxy) is 2. The smallest absolute Gasteiger partial charge is 0.484 e. The van der Waals surface area contributed by atoms with Crippen LogP contribution in [0.2, 0.25) is 0 Å². The van der Waals surface area contributed by atoms with Crippen molar-refractivity contribution in [2.75, 3.05) is 6.61 Å². The van der Waals surface area contributed by atoms with Crippen LogP contribution in [0, 0.1) is 0 Å². The number of halogens is 6. The van der Waals surface area contributed by atoms with Gasteiger partial charge in [0, 0.05) is 25.1 Å². The fourth-order valence-corrected chi connectivity index (χ4v) is 4.78. The van der Waals surface area contributed by atoms with Gasteiger partial charge >= 0.3 is 12.5 Å². The number of alkyl halides is 6. The molecule has 0 spiro atoms. The molecule has 0 fully saturated rings. The van der Waals surface area contributed by atoms with E-state index in [4.69, 9.17) is 4.74 Å². The number of carbonyl (C=O) groups is 1. The lowest BCUT2D eigenvalue weighted by Gasteiger charge is -2.31. The molecule has 0 aliphatic carbocycles. The summed E-state index contributed by atoms with van der Waals surface area (Å²) in [5, 5.41) is 0.159. The van der Waals surface area contributed by atoms with Crippen LogP contribution in [-0.2, 0) is 17.8 Å². The van der Waals surface area contributed by atoms with E-state index in [1.54, 1.807) is 37.5 Å². The van der Waals surface area contributed by atoms with E-state index < -0.39 is 42.4 Å². The van der Waals surface area contributed by atoms with Crippen LogP contribution in [0.15, 0.2) is 96.2 Å². The van der Waals surface area contributed by atoms with E-state index >= 15 is 0 Å². The molecule has 244 valence electrons. The lowest BCUT2D eigenvalue weighted by atomic mass is 10.1. The molecule has 0 aliphatic heterocycles. The fraction of sp³-hybridized carbons (Fsp3) is 0.219. The Morgan fingerprint density at radius 2 is 1.57 bits per heavy atom. The number of carbonyl (C=O) groups excluding carboxylic acids is 1. The molecule has 0 bridgehead atoms. The lowest BCUT2D eigenvalue weighted by molar-refractivity contribution is -0.274. The molecule has 47 heavy (non-hydrogen) atoms. The third-order valence-electron chi connectivity index (χ3n) is 6.92. The summed E-state index contributed by atoms with van der Waals surface area (Å²) in [5.41, 5.74) is 0.842. The second-order valence-corrected chi connectivity index (χ2v) is 10.3. The molecule has 0 saturated carbocycles. The van der Waals surface area contributed by atoms with Crippen LogP contribution in [0.1, 0.15) is 29.9 Å². The highest BCUT2D eigenvalue weighted by Crippen LogP contribution is 2.28. The molecule has 1 amide bonds. The summed E-state index contributed by atoms with van der Waals surface area (Å²) in [6.45, 7) is 0.160. The molecule has 0 N–H and O–H groups in total. The monoisotopic (exact) mass is 657 g/mol. The van der Waals surface area contributed by atoms with Crippen LogP contribution in [0.3, 0.4) is 0 Å². The first kappa shape index (κ1) is 32.9. The molecule has 0 aliphatic rings. The number of hydrogen-bond donors (Lipinski definition) is 0. The minimum atomic E-state index is -4.87. The summed E-state index contributed by atoms with van der Waals surface area (Å²) in [7, 11) is 0. The van der Waals surface area contributed by atoms with Gasteiger partial charge in [0.15, 0.2) is 12.3 Å². The Labute approximate surface area is 263 Å². The van der Waals surface area contributed by atoms with Crippen molar-refractivity contribution in [3.63, 3.8) is 0 Å². The van der Waals surface area contributed by atoms with Gasteiger partial charge in [0.25, 0.3) is 5.56 Å². The average Bonchev–Trinajstić information content (AvgIpc) is 3.03. The highest BCUT2D eigenvalue weighted by molar-refractivity contribution is 5.79. The van der Waals surface area contributed by atoms with Crippen molar-refractivity contribution in [2.45, 2.75) is 38.5 Å². The molecular weight excluding hydrogens is 632 g/mol. The van der Waals surface area contributed by atoms with Crippen LogP contribution in [0.5, 0.6) is 11.5 Å². The Bertz CT molecular complexity index is 1900. The van der Waals surface area contributed by atoms with Gasteiger partial charge in [0.2, 0.25) is 5.91 Å². The Morgan fingerprint density at radius 1 is 0.894 bits per heavy atom. The summed E-state index contributed by atoms with van der Waals surface area (Å²) in [5.74, 6) is -0.884. The number of benzene rings is 2. The summed E-state index contributed by atoms with van der Waals surface area (Å²) in [4.78, 5) is 42.2. The van der Waals surface area contributed by atoms with Crippen LogP contribution in [-0.4, -0.2) is 49.5 Å². The second kappa shape index (κ2) is 13.5. The van der Waals surface area contributed by atoms with Gasteiger partial charge in [-0.25, -0.2) is 9.97 Å². The summed E-state index contributed by atoms with van der Waals surface area (Å²) in [6, 6.07) is 15.8. The van der Waals surface area contributed by atoms with Crippen LogP contribution in [0.25, 0.3) is 16.7 Å². The fourth-order valence-electron chi connectivity index (χ4n) is 4.78. The third-order valence-corrected chi connectivity index (χ3v) is 6.92. The molecule has 3 heterocycles. The zero-order chi connectivity index (χ0) is 33.8. The zero-order valence-electron chi connectivity index (χ0n) is 24.5. The van der Waals surface area contributed by atoms with Gasteiger partial charge in [-0.1, -0.05) is 18.2 Å². The van der Waals surface area contributed by atoms with Gasteiger partial charge in [-0.15, -0.1) is 13.2 Å². The Hall–Kier alpha value is -5.47. The number of pyridine rings is 2. The van der Waals surface area contributed by atoms with Crippen molar-refractivity contribution in [3.8, 4) is 17.2 Å². The van der Waals surface area contributed by atoms with E-state index in [1.165, 1.54) is 58.1 Å². The van der Waals surface area contributed by atoms with Crippen LogP contribution >= 0.6 is 0 Å². The van der Waals surface area contributed by atoms with E-state index in [2.05, 4.69) is 19.7 Å². The SMILES string of the molecule is CC(c1nc2ncccc2c(=O)n1-c1ccc(OCC(F)(F)F)cc1)N(Cc1cccnc1)C(=O)Cc1ccc(OC(F)(F)F)cc1. The number of amides is 1. The molecule has 0 saturated heterocycles. The molecule has 0 radical (unpaired) electrons. The van der Waals surface area contributed by atoms with Crippen LogP contribution < -0.4 is 15.0 Å². The first-order chi connectivity index (χ1) is 22.3. The largest absolute Gasteiger partial charge is 0.573 e. The number of aromatic nitrogens is 4. The van der Waals surface area contributed by atoms with Crippen molar-refractivity contribution >= 4 is 16.9 Å². The first-order valence-electron chi connectivity index (χ1n) is 14.0. The Kier molecular flexibility index (Phi) is 9.44. The lowest BCUT2D eigenvalue weighted by Crippen LogP contribution is -2.38. The molecular formula is C32H25F6N5O4. The minimum Gasteiger partial charge on any atom is -0.484 e. The third kappa shape index (κ3) is 8.42. The molecule has 5 rings (SSSR count). The second-order valence-electron chi connectivity index (χ2n) is 10.3. The minimum absolute atomic E-state index is 0.0173. The predicted molar refractivity (Wildman–Crippen MR) is 157 cm³/mol. The molecule has 3 aromatic heterocycles. The van der Waals surface area contributed by atoms with Crippen molar-refractivity contribution < 1.29 is 40.6 Å². The van der Waals surface area contributed by atoms with E-state index in [9.17, 15) is 35.9 Å². The van der Waals surface area contributed by atoms with E-state index in [-0.39, 0.29) is 41.3 Å². The predicted octanol–water partition coefficient (Wildman–Crippen LogP) is 6.35. The van der Waals surface area contributed by atoms with Gasteiger partial charge in [-0.2, -0.15) is 13.2 Å². The standard InChI is InChI=1S/C32H25F6N5O4/c1-20(42(18-22-4-2-14-39-17-22)27(44)16-21-6-10-25(11-7-21)47-32(36,37)38)29-41-28-26(5-3-15-40-28)30(45)43(29)23-8-12-24(13-9-23)46-19-31(33,34)35/h2-15,17,20H,16,18-19H2,1H3. The van der Waals surface area contributed by atoms with Crippen molar-refractivity contribution in [3.05, 3.63) is 119 Å². The Morgan fingerprint density at radius 3 is 2.21 bits per heavy atom. The van der Waals surface area contributed by atoms with Gasteiger partial charge in [-0.05, 0) is 72.6 Å². The number of hydrogen-bond acceptors (Lipinski definition) is 7. The highest BCUT2D eigenvalue weighted by atomic mass is 19.4. The van der Waals surface area contributed by atoms with Crippen molar-refractivity contribution in [1.82, 2.24) is 24.4 Å². The van der Waals surface area contributed by atoms with Crippen molar-refractivity contribution in [1.29, 1.82) is 0 Å². The summed E-state index contributed by atoms with van der Waals surface area (Å²) >= 11 is 0. The maximum atomic E-state index is 13.9. The average molecular weight is 658 g/mol. The van der Waals surface area contributed by atoms with Crippen molar-refractivity contribution in [2.24, 2.45) is 0 Å². The number of rotatable bonds is 10. The summed E-state index contributed by atoms with van der Waals surface area (Å²) < 4.78 is 85.9. The maximum absolute atomic E-state index is 13.9. The molecule has 1 atom stereocenters. The van der Waals surface area contributed by atoms with E-state index in [1.807, 2.05) is 0 Å². The molecule has 15 heteroatoms. The highest BCUT2D eigenvalue weighted by Gasteiger charge is 2.32. The zero-order valence-corrected chi connectivity index (χ0v) is 24.5. The van der Waals surface area contributed by atoms with Gasteiger partial charge in [-0.3, -0.25) is 19.1 Å². The number of fused-ring (bicyclic) bond motifs is 1. The molecule has 1 unspecified atom stereocenters. The Balaban J connectivity index is 1.54. The molecule has 9 nitrogen and oxygen atoms in total. The quantitative estimate of drug-likeness (QED) is 0.162. The first-order valence-corrected chi connectivity index (χ1v) is 14.0. The van der Waals surface area contributed by atoms with E-state index in [0.717, 1.165) is 12.1 Å². The number of nitrogens with zero attached hydrogens (tertiary/aromatic N) is 5. The maximum Gasteiger partial charge on any atom is 0.573 e. The molecule has 5 aromatic rings. The normalized spacial score (nSPS) is 12.5. The van der Waals surface area contributed by atoms with Crippen LogP contribution in [0.4, 0.5) is 26.3 Å². The summed E-state index contributed by atoms with van der Waals surface area (Å²) in [6.07, 6.45) is -5.08. The van der Waals surface area contributed by atoms with Gasteiger partial charge < -0.3 is 14.4 Å². The topological polar surface area (TPSA) is 99.4 Å². The van der Waals surface area contributed by atoms with E-state index in [0.29, 0.717) is 11.1 Å².